The molecule has 0 radical (unpaired) electrons. The van der Waals surface area contributed by atoms with Gasteiger partial charge in [0.2, 0.25) is 0 Å². The highest BCUT2D eigenvalue weighted by molar-refractivity contribution is 6.30. The molecule has 0 fully saturated rings. The van der Waals surface area contributed by atoms with Crippen molar-refractivity contribution in [1.82, 2.24) is 5.32 Å². The molecular weight excluding hydrogens is 374 g/mol. The monoisotopic (exact) mass is 395 g/mol. The van der Waals surface area contributed by atoms with Gasteiger partial charge in [0.1, 0.15) is 0 Å². The highest BCUT2D eigenvalue weighted by Crippen LogP contribution is 2.21. The number of halogens is 1. The number of nitrogens with one attached hydrogen (secondary N) is 1. The van der Waals surface area contributed by atoms with Gasteiger partial charge in [-0.1, -0.05) is 60.1 Å². The average molecular weight is 396 g/mol. The number of benzene rings is 3. The van der Waals surface area contributed by atoms with Gasteiger partial charge in [0, 0.05) is 11.6 Å². The maximum absolute atomic E-state index is 11.1. The molecule has 3 rings (SSSR count). The van der Waals surface area contributed by atoms with Gasteiger partial charge in [0.25, 0.3) is 0 Å². The lowest BCUT2D eigenvalue weighted by atomic mass is 10.0. The zero-order valence-electron chi connectivity index (χ0n) is 15.3. The van der Waals surface area contributed by atoms with Crippen LogP contribution < -0.4 is 5.32 Å². The van der Waals surface area contributed by atoms with Crippen LogP contribution in [0.3, 0.4) is 0 Å². The number of hydrogen-bond donors (Lipinski definition) is 3. The number of aliphatic hydroxyl groups is 1. The molecule has 5 heteroatoms. The quantitative estimate of drug-likeness (QED) is 0.488. The fourth-order valence-electron chi connectivity index (χ4n) is 3.00. The molecule has 0 aromatic heterocycles. The predicted molar refractivity (Wildman–Crippen MR) is 112 cm³/mol. The zero-order valence-corrected chi connectivity index (χ0v) is 16.1. The Balaban J connectivity index is 1.51. The molecule has 0 bridgehead atoms. The summed E-state index contributed by atoms with van der Waals surface area (Å²) in [5.74, 6) is -0.926. The SMILES string of the molecule is O=C(O)c1cccc(-c2ccc(CCNC[C@H](O)c3cccc(Cl)c3)cc2)c1. The van der Waals surface area contributed by atoms with Crippen LogP contribution in [0.5, 0.6) is 0 Å². The van der Waals surface area contributed by atoms with Crippen molar-refractivity contribution in [2.24, 2.45) is 0 Å². The number of rotatable bonds is 8. The topological polar surface area (TPSA) is 69.6 Å². The molecule has 4 nitrogen and oxygen atoms in total. The van der Waals surface area contributed by atoms with E-state index in [2.05, 4.69) is 5.32 Å². The number of carbonyl (C=O) groups is 1. The minimum absolute atomic E-state index is 0.282. The number of aliphatic hydroxyl groups excluding tert-OH is 1. The van der Waals surface area contributed by atoms with Crippen molar-refractivity contribution in [1.29, 1.82) is 0 Å². The summed E-state index contributed by atoms with van der Waals surface area (Å²) in [6.45, 7) is 1.20. The summed E-state index contributed by atoms with van der Waals surface area (Å²) >= 11 is 5.95. The smallest absolute Gasteiger partial charge is 0.335 e. The van der Waals surface area contributed by atoms with E-state index in [1.165, 1.54) is 5.56 Å². The van der Waals surface area contributed by atoms with Crippen LogP contribution in [0.25, 0.3) is 11.1 Å². The molecule has 0 amide bonds. The maximum atomic E-state index is 11.1. The highest BCUT2D eigenvalue weighted by Gasteiger charge is 2.08. The van der Waals surface area contributed by atoms with Gasteiger partial charge in [0.05, 0.1) is 11.7 Å². The number of carboxylic acid groups (broad SMARTS) is 1. The summed E-state index contributed by atoms with van der Waals surface area (Å²) in [7, 11) is 0. The first kappa shape index (κ1) is 20.1. The van der Waals surface area contributed by atoms with Crippen molar-refractivity contribution in [2.45, 2.75) is 12.5 Å². The van der Waals surface area contributed by atoms with Crippen molar-refractivity contribution >= 4 is 17.6 Å². The van der Waals surface area contributed by atoms with Gasteiger partial charge in [-0.2, -0.15) is 0 Å². The average Bonchev–Trinajstić information content (AvgIpc) is 2.71. The normalized spacial score (nSPS) is 11.9. The van der Waals surface area contributed by atoms with E-state index in [4.69, 9.17) is 16.7 Å². The number of carboxylic acids is 1. The van der Waals surface area contributed by atoms with Crippen LogP contribution in [-0.4, -0.2) is 29.3 Å². The van der Waals surface area contributed by atoms with Crippen LogP contribution in [-0.2, 0) is 6.42 Å². The van der Waals surface area contributed by atoms with Gasteiger partial charge < -0.3 is 15.5 Å². The van der Waals surface area contributed by atoms with Crippen LogP contribution in [0.4, 0.5) is 0 Å². The van der Waals surface area contributed by atoms with Crippen LogP contribution >= 0.6 is 11.6 Å². The van der Waals surface area contributed by atoms with Crippen LogP contribution in [0.2, 0.25) is 5.02 Å². The lowest BCUT2D eigenvalue weighted by Crippen LogP contribution is -2.23. The van der Waals surface area contributed by atoms with Gasteiger partial charge in [-0.05, 0) is 59.5 Å². The predicted octanol–water partition coefficient (Wildman–Crippen LogP) is 4.57. The van der Waals surface area contributed by atoms with Crippen molar-refractivity contribution in [2.75, 3.05) is 13.1 Å². The van der Waals surface area contributed by atoms with Crippen molar-refractivity contribution in [3.05, 3.63) is 94.5 Å². The van der Waals surface area contributed by atoms with Crippen molar-refractivity contribution in [3.63, 3.8) is 0 Å². The first-order valence-corrected chi connectivity index (χ1v) is 9.47. The van der Waals surface area contributed by atoms with E-state index in [0.717, 1.165) is 29.7 Å². The standard InChI is InChI=1S/C23H22ClNO3/c24-21-6-2-4-19(14-21)22(26)15-25-12-11-16-7-9-17(10-8-16)18-3-1-5-20(13-18)23(27)28/h1-10,13-14,22,25-26H,11-12,15H2,(H,27,28)/t22-/m0/s1. The Kier molecular flexibility index (Phi) is 6.82. The van der Waals surface area contributed by atoms with E-state index in [-0.39, 0.29) is 5.56 Å². The van der Waals surface area contributed by atoms with E-state index in [9.17, 15) is 9.90 Å². The first-order chi connectivity index (χ1) is 13.5. The molecule has 3 aromatic rings. The molecule has 0 aliphatic heterocycles. The zero-order chi connectivity index (χ0) is 19.9. The second kappa shape index (κ2) is 9.51. The van der Waals surface area contributed by atoms with E-state index < -0.39 is 12.1 Å². The van der Waals surface area contributed by atoms with Gasteiger partial charge in [-0.15, -0.1) is 0 Å². The third kappa shape index (κ3) is 5.42. The van der Waals surface area contributed by atoms with E-state index in [1.807, 2.05) is 42.5 Å². The Hall–Kier alpha value is -2.66. The summed E-state index contributed by atoms with van der Waals surface area (Å²) in [5, 5.41) is 23.2. The summed E-state index contributed by atoms with van der Waals surface area (Å²) in [6, 6.07) is 22.2. The summed E-state index contributed by atoms with van der Waals surface area (Å²) < 4.78 is 0. The third-order valence-corrected chi connectivity index (χ3v) is 4.79. The first-order valence-electron chi connectivity index (χ1n) is 9.10. The van der Waals surface area contributed by atoms with Crippen molar-refractivity contribution < 1.29 is 15.0 Å². The minimum Gasteiger partial charge on any atom is -0.478 e. The molecule has 1 atom stereocenters. The summed E-state index contributed by atoms with van der Waals surface area (Å²) in [5.41, 5.74) is 4.12. The van der Waals surface area contributed by atoms with Crippen molar-refractivity contribution in [3.8, 4) is 11.1 Å². The summed E-state index contributed by atoms with van der Waals surface area (Å²) in [6.07, 6.45) is 0.236. The largest absolute Gasteiger partial charge is 0.478 e. The second-order valence-corrected chi connectivity index (χ2v) is 7.04. The van der Waals surface area contributed by atoms with Gasteiger partial charge >= 0.3 is 5.97 Å². The summed E-state index contributed by atoms with van der Waals surface area (Å²) in [4.78, 5) is 11.1. The lowest BCUT2D eigenvalue weighted by molar-refractivity contribution is 0.0697. The van der Waals surface area contributed by atoms with E-state index in [1.54, 1.807) is 30.3 Å². The van der Waals surface area contributed by atoms with Crippen LogP contribution in [0.15, 0.2) is 72.8 Å². The molecule has 0 saturated heterocycles. The Labute approximate surface area is 169 Å². The molecule has 3 aromatic carbocycles. The van der Waals surface area contributed by atoms with Gasteiger partial charge in [-0.3, -0.25) is 0 Å². The lowest BCUT2D eigenvalue weighted by Gasteiger charge is -2.12. The van der Waals surface area contributed by atoms with E-state index >= 15 is 0 Å². The number of hydrogen-bond acceptors (Lipinski definition) is 3. The molecule has 0 aliphatic carbocycles. The van der Waals surface area contributed by atoms with Crippen LogP contribution in [0.1, 0.15) is 27.6 Å². The Morgan fingerprint density at radius 2 is 1.71 bits per heavy atom. The van der Waals surface area contributed by atoms with Crippen LogP contribution in [0, 0.1) is 0 Å². The number of aromatic carboxylic acids is 1. The Morgan fingerprint density at radius 3 is 2.43 bits per heavy atom. The molecule has 3 N–H and O–H groups in total. The third-order valence-electron chi connectivity index (χ3n) is 4.56. The molecule has 0 unspecified atom stereocenters. The molecule has 144 valence electrons. The van der Waals surface area contributed by atoms with E-state index in [0.29, 0.717) is 11.6 Å². The van der Waals surface area contributed by atoms with Gasteiger partial charge in [0.15, 0.2) is 0 Å². The van der Waals surface area contributed by atoms with Gasteiger partial charge in [-0.25, -0.2) is 4.79 Å². The molecule has 0 saturated carbocycles. The highest BCUT2D eigenvalue weighted by atomic mass is 35.5. The fourth-order valence-corrected chi connectivity index (χ4v) is 3.20. The Morgan fingerprint density at radius 1 is 0.964 bits per heavy atom. The molecule has 0 aliphatic rings. The fraction of sp³-hybridized carbons (Fsp3) is 0.174. The molecule has 0 spiro atoms. The molecule has 28 heavy (non-hydrogen) atoms. The Bertz CT molecular complexity index is 941. The maximum Gasteiger partial charge on any atom is 0.335 e. The minimum atomic E-state index is -0.926. The second-order valence-electron chi connectivity index (χ2n) is 6.61. The molecular formula is C23H22ClNO3. The molecule has 0 heterocycles.